The zero-order chi connectivity index (χ0) is 20.0. The minimum atomic E-state index is -0.845. The van der Waals surface area contributed by atoms with Gasteiger partial charge in [-0.2, -0.15) is 0 Å². The van der Waals surface area contributed by atoms with Gasteiger partial charge in [0.2, 0.25) is 0 Å². The third-order valence-electron chi connectivity index (χ3n) is 3.80. The molecule has 0 fully saturated rings. The number of carbonyl (C=O) groups is 1. The first-order valence-electron chi connectivity index (χ1n) is 8.68. The second-order valence-electron chi connectivity index (χ2n) is 6.50. The molecule has 2 aromatic rings. The maximum Gasteiger partial charge on any atom is 0.383 e. The quantitative estimate of drug-likeness (QED) is 0.438. The molecule has 1 aromatic carbocycles. The Bertz CT molecular complexity index is 945. The van der Waals surface area contributed by atoms with Gasteiger partial charge >= 0.3 is 11.6 Å². The lowest BCUT2D eigenvalue weighted by molar-refractivity contribution is -0.132. The number of aromatic hydroxyl groups is 1. The summed E-state index contributed by atoms with van der Waals surface area (Å²) in [7, 11) is 0. The maximum absolute atomic E-state index is 12.2. The summed E-state index contributed by atoms with van der Waals surface area (Å²) >= 11 is 0. The van der Waals surface area contributed by atoms with Crippen LogP contribution in [0.1, 0.15) is 40.5 Å². The number of phenols is 1. The van der Waals surface area contributed by atoms with Crippen molar-refractivity contribution in [3.63, 3.8) is 0 Å². The zero-order valence-corrected chi connectivity index (χ0v) is 16.0. The molecular weight excluding hydrogens is 348 g/mol. The van der Waals surface area contributed by atoms with E-state index in [0.29, 0.717) is 5.39 Å². The SMILES string of the molecule is CC(=O)Oc1c(OCC=C(C)CCC=C(C)C)c2ccc(O)cc2oc1=O. The zero-order valence-electron chi connectivity index (χ0n) is 16.0. The summed E-state index contributed by atoms with van der Waals surface area (Å²) in [4.78, 5) is 23.5. The normalized spacial score (nSPS) is 11.3. The highest BCUT2D eigenvalue weighted by Crippen LogP contribution is 2.34. The molecule has 1 N–H and O–H groups in total. The fourth-order valence-corrected chi connectivity index (χ4v) is 2.48. The Morgan fingerprint density at radius 1 is 1.15 bits per heavy atom. The van der Waals surface area contributed by atoms with Crippen LogP contribution in [0.15, 0.2) is 50.7 Å². The second kappa shape index (κ2) is 9.07. The molecule has 1 heterocycles. The van der Waals surface area contributed by atoms with Crippen molar-refractivity contribution in [3.05, 3.63) is 51.9 Å². The van der Waals surface area contributed by atoms with Crippen LogP contribution in [0.4, 0.5) is 0 Å². The van der Waals surface area contributed by atoms with E-state index in [1.54, 1.807) is 6.07 Å². The summed E-state index contributed by atoms with van der Waals surface area (Å²) in [6.45, 7) is 7.52. The van der Waals surface area contributed by atoms with Crippen LogP contribution in [0.5, 0.6) is 17.2 Å². The van der Waals surface area contributed by atoms with E-state index in [1.807, 2.05) is 13.0 Å². The predicted molar refractivity (Wildman–Crippen MR) is 103 cm³/mol. The van der Waals surface area contributed by atoms with Gasteiger partial charge in [0, 0.05) is 13.0 Å². The number of phenolic OH excluding ortho intramolecular Hbond substituents is 1. The number of benzene rings is 1. The van der Waals surface area contributed by atoms with Crippen LogP contribution < -0.4 is 15.1 Å². The van der Waals surface area contributed by atoms with E-state index in [0.717, 1.165) is 18.4 Å². The first-order chi connectivity index (χ1) is 12.8. The molecule has 144 valence electrons. The number of carbonyl (C=O) groups excluding carboxylic acids is 1. The molecule has 0 bridgehead atoms. The topological polar surface area (TPSA) is 86.0 Å². The van der Waals surface area contributed by atoms with E-state index in [1.165, 1.54) is 24.6 Å². The van der Waals surface area contributed by atoms with Gasteiger partial charge in [-0.15, -0.1) is 0 Å². The van der Waals surface area contributed by atoms with Gasteiger partial charge in [0.25, 0.3) is 5.75 Å². The van der Waals surface area contributed by atoms with E-state index < -0.39 is 11.6 Å². The lowest BCUT2D eigenvalue weighted by Crippen LogP contribution is -2.13. The van der Waals surface area contributed by atoms with Gasteiger partial charge in [0.1, 0.15) is 17.9 Å². The van der Waals surface area contributed by atoms with E-state index >= 15 is 0 Å². The van der Waals surface area contributed by atoms with Crippen molar-refractivity contribution in [2.45, 2.75) is 40.5 Å². The summed E-state index contributed by atoms with van der Waals surface area (Å²) in [6.07, 6.45) is 5.92. The number of ether oxygens (including phenoxy) is 2. The highest BCUT2D eigenvalue weighted by Gasteiger charge is 2.19. The third-order valence-corrected chi connectivity index (χ3v) is 3.80. The first-order valence-corrected chi connectivity index (χ1v) is 8.68. The molecule has 0 unspecified atom stereocenters. The number of hydrogen-bond acceptors (Lipinski definition) is 6. The smallest absolute Gasteiger partial charge is 0.383 e. The lowest BCUT2D eigenvalue weighted by atomic mass is 10.1. The Labute approximate surface area is 157 Å². The Morgan fingerprint density at radius 3 is 2.56 bits per heavy atom. The molecule has 0 aliphatic heterocycles. The van der Waals surface area contributed by atoms with Gasteiger partial charge in [-0.1, -0.05) is 17.2 Å². The molecule has 6 nitrogen and oxygen atoms in total. The monoisotopic (exact) mass is 372 g/mol. The molecule has 6 heteroatoms. The highest BCUT2D eigenvalue weighted by atomic mass is 16.6. The van der Waals surface area contributed by atoms with Crippen molar-refractivity contribution < 1.29 is 23.8 Å². The van der Waals surface area contributed by atoms with Crippen LogP contribution in [0.2, 0.25) is 0 Å². The summed E-state index contributed by atoms with van der Waals surface area (Å²) in [5, 5.41) is 10.0. The van der Waals surface area contributed by atoms with E-state index in [-0.39, 0.29) is 29.4 Å². The molecule has 0 radical (unpaired) electrons. The van der Waals surface area contributed by atoms with E-state index in [9.17, 15) is 14.7 Å². The molecule has 0 spiro atoms. The van der Waals surface area contributed by atoms with Crippen molar-refractivity contribution in [3.8, 4) is 17.2 Å². The van der Waals surface area contributed by atoms with E-state index in [4.69, 9.17) is 13.9 Å². The third kappa shape index (κ3) is 5.74. The van der Waals surface area contributed by atoms with Crippen LogP contribution >= 0.6 is 0 Å². The van der Waals surface area contributed by atoms with Gasteiger partial charge in [-0.3, -0.25) is 4.79 Å². The molecule has 1 aromatic heterocycles. The molecule has 0 atom stereocenters. The average molecular weight is 372 g/mol. The van der Waals surface area contributed by atoms with Crippen LogP contribution in [0, 0.1) is 0 Å². The van der Waals surface area contributed by atoms with Crippen molar-refractivity contribution in [2.75, 3.05) is 6.61 Å². The Balaban J connectivity index is 2.30. The molecule has 0 aliphatic rings. The Morgan fingerprint density at radius 2 is 1.89 bits per heavy atom. The van der Waals surface area contributed by atoms with E-state index in [2.05, 4.69) is 19.9 Å². The fraction of sp³-hybridized carbons (Fsp3) is 0.333. The first kappa shape index (κ1) is 20.3. The van der Waals surface area contributed by atoms with Crippen molar-refractivity contribution in [2.24, 2.45) is 0 Å². The van der Waals surface area contributed by atoms with Crippen molar-refractivity contribution >= 4 is 16.9 Å². The van der Waals surface area contributed by atoms with Crippen molar-refractivity contribution in [1.29, 1.82) is 0 Å². The van der Waals surface area contributed by atoms with Crippen LogP contribution in [0.3, 0.4) is 0 Å². The molecule has 0 saturated carbocycles. The van der Waals surface area contributed by atoms with Crippen molar-refractivity contribution in [1.82, 2.24) is 0 Å². The summed E-state index contributed by atoms with van der Waals surface area (Å²) < 4.78 is 15.9. The van der Waals surface area contributed by atoms with Gasteiger partial charge in [0.05, 0.1) is 5.39 Å². The molecule has 0 amide bonds. The number of rotatable bonds is 7. The largest absolute Gasteiger partial charge is 0.508 e. The fourth-order valence-electron chi connectivity index (χ4n) is 2.48. The predicted octanol–water partition coefficient (Wildman–Crippen LogP) is 4.50. The summed E-state index contributed by atoms with van der Waals surface area (Å²) in [5.41, 5.74) is 1.72. The van der Waals surface area contributed by atoms with Gasteiger partial charge in [-0.25, -0.2) is 4.79 Å². The number of fused-ring (bicyclic) bond motifs is 1. The standard InChI is InChI=1S/C21H24O6/c1-13(2)6-5-7-14(3)10-11-25-19-17-9-8-16(23)12-18(17)27-21(24)20(19)26-15(4)22/h6,8-10,12,23H,5,7,11H2,1-4H3. The number of allylic oxidation sites excluding steroid dienone is 3. The second-order valence-corrected chi connectivity index (χ2v) is 6.50. The van der Waals surface area contributed by atoms with Crippen LogP contribution in [-0.2, 0) is 4.79 Å². The molecule has 0 aliphatic carbocycles. The van der Waals surface area contributed by atoms with Gasteiger partial charge < -0.3 is 19.0 Å². The minimum Gasteiger partial charge on any atom is -0.508 e. The van der Waals surface area contributed by atoms with Gasteiger partial charge in [0.15, 0.2) is 5.75 Å². The molecule has 27 heavy (non-hydrogen) atoms. The average Bonchev–Trinajstić information content (AvgIpc) is 2.56. The maximum atomic E-state index is 12.2. The molecule has 0 saturated heterocycles. The highest BCUT2D eigenvalue weighted by molar-refractivity contribution is 5.87. The summed E-state index contributed by atoms with van der Waals surface area (Å²) in [5.74, 6) is -0.883. The Hall–Kier alpha value is -3.02. The lowest BCUT2D eigenvalue weighted by Gasteiger charge is -2.11. The number of hydrogen-bond donors (Lipinski definition) is 1. The van der Waals surface area contributed by atoms with Crippen LogP contribution in [-0.4, -0.2) is 17.7 Å². The number of esters is 1. The summed E-state index contributed by atoms with van der Waals surface area (Å²) in [6, 6.07) is 4.29. The molecular formula is C21H24O6. The molecule has 2 rings (SSSR count). The Kier molecular flexibility index (Phi) is 6.82. The van der Waals surface area contributed by atoms with Gasteiger partial charge in [-0.05, 0) is 51.8 Å². The van der Waals surface area contributed by atoms with Crippen LogP contribution in [0.25, 0.3) is 11.0 Å². The minimum absolute atomic E-state index is 0.0492.